The summed E-state index contributed by atoms with van der Waals surface area (Å²) in [7, 11) is 2.82. The number of carbonyl (C=O) groups is 2. The number of cyclic esters (lactones) is 1. The van der Waals surface area contributed by atoms with Crippen molar-refractivity contribution in [3.05, 3.63) is 71.6 Å². The van der Waals surface area contributed by atoms with Gasteiger partial charge in [0.25, 0.3) is 0 Å². The number of hydrogen-bond acceptors (Lipinski definition) is 9. The van der Waals surface area contributed by atoms with E-state index in [4.69, 9.17) is 14.2 Å². The van der Waals surface area contributed by atoms with Crippen LogP contribution in [0.2, 0.25) is 0 Å². The summed E-state index contributed by atoms with van der Waals surface area (Å²) in [6, 6.07) is 0. The summed E-state index contributed by atoms with van der Waals surface area (Å²) in [6.07, 6.45) is 10.3. The fourth-order valence-corrected chi connectivity index (χ4v) is 5.87. The zero-order valence-electron chi connectivity index (χ0n) is 30.2. The van der Waals surface area contributed by atoms with Crippen molar-refractivity contribution in [2.24, 2.45) is 35.5 Å². The Morgan fingerprint density at radius 1 is 1.04 bits per heavy atom. The lowest BCUT2D eigenvalue weighted by Crippen LogP contribution is -2.45. The first-order valence-corrected chi connectivity index (χ1v) is 16.6. The van der Waals surface area contributed by atoms with Crippen LogP contribution in [0.4, 0.5) is 0 Å². The largest absolute Gasteiger partial charge is 0.490 e. The lowest BCUT2D eigenvalue weighted by molar-refractivity contribution is -0.162. The zero-order chi connectivity index (χ0) is 36.0. The van der Waals surface area contributed by atoms with Gasteiger partial charge >= 0.3 is 5.97 Å². The van der Waals surface area contributed by atoms with Crippen LogP contribution in [0.25, 0.3) is 0 Å². The molecule has 9 nitrogen and oxygen atoms in total. The number of hydrogen-bond donors (Lipinski definition) is 4. The summed E-state index contributed by atoms with van der Waals surface area (Å²) >= 11 is 0. The molecule has 0 amide bonds. The van der Waals surface area contributed by atoms with E-state index >= 15 is 0 Å². The van der Waals surface area contributed by atoms with E-state index in [1.807, 2.05) is 39.8 Å². The number of ether oxygens (including phenoxy) is 3. The van der Waals surface area contributed by atoms with Crippen LogP contribution < -0.4 is 0 Å². The van der Waals surface area contributed by atoms with Gasteiger partial charge in [-0.05, 0) is 45.3 Å². The van der Waals surface area contributed by atoms with E-state index in [0.29, 0.717) is 12.0 Å². The minimum Gasteiger partial charge on any atom is -0.490 e. The summed E-state index contributed by atoms with van der Waals surface area (Å²) in [5, 5.41) is 43.6. The normalized spacial score (nSPS) is 34.7. The van der Waals surface area contributed by atoms with Crippen LogP contribution in [0.5, 0.6) is 0 Å². The number of methoxy groups -OCH3 is 2. The van der Waals surface area contributed by atoms with Crippen molar-refractivity contribution in [1.82, 2.24) is 0 Å². The molecule has 0 saturated carbocycles. The molecule has 0 saturated heterocycles. The summed E-state index contributed by atoms with van der Waals surface area (Å²) in [4.78, 5) is 26.6. The number of allylic oxidation sites excluding steroid dienone is 7. The van der Waals surface area contributed by atoms with E-state index in [-0.39, 0.29) is 29.3 Å². The molecule has 4 N–H and O–H groups in total. The Labute approximate surface area is 282 Å². The number of esters is 1. The molecule has 0 spiro atoms. The van der Waals surface area contributed by atoms with E-state index in [9.17, 15) is 30.0 Å². The second-order valence-electron chi connectivity index (χ2n) is 13.2. The molecule has 47 heavy (non-hydrogen) atoms. The fourth-order valence-electron chi connectivity index (χ4n) is 5.87. The van der Waals surface area contributed by atoms with Crippen molar-refractivity contribution in [2.75, 3.05) is 14.2 Å². The molecule has 9 heteroatoms. The molecule has 0 aliphatic carbocycles. The molecule has 0 fully saturated rings. The van der Waals surface area contributed by atoms with E-state index in [1.54, 1.807) is 65.0 Å². The van der Waals surface area contributed by atoms with Crippen LogP contribution in [0, 0.1) is 35.5 Å². The maximum absolute atomic E-state index is 13.5. The molecule has 0 aromatic carbocycles. The van der Waals surface area contributed by atoms with E-state index < -0.39 is 60.3 Å². The van der Waals surface area contributed by atoms with Gasteiger partial charge in [0.05, 0.1) is 31.5 Å². The van der Waals surface area contributed by atoms with Gasteiger partial charge in [0.2, 0.25) is 5.76 Å². The zero-order valence-corrected chi connectivity index (χ0v) is 30.2. The molecule has 266 valence electrons. The third-order valence-electron chi connectivity index (χ3n) is 9.18. The van der Waals surface area contributed by atoms with Crippen molar-refractivity contribution < 1.29 is 44.2 Å². The maximum Gasteiger partial charge on any atom is 0.373 e. The highest BCUT2D eigenvalue weighted by atomic mass is 16.6. The van der Waals surface area contributed by atoms with Crippen LogP contribution in [0.3, 0.4) is 0 Å². The monoisotopic (exact) mass is 660 g/mol. The molecule has 1 rings (SSSR count). The standard InChI is InChI=1S/C38H60O9/c1-12-14-30(39)24(4)17-18-31(40)27(7)36(43)29(9)37-32(45-10)16-13-15-22(2)19-25(5)34(41)28(8)35(42)26(6)20-23(3)21-33(46-11)38(44)47-37/h12-18,20-21,24-30,32,34-37,39,41-43H,19H2,1-11H3/b14-12+,16-13+,18-17+,22-15-,23-20-,33-21+/t24?,25-,26+,27-,28+,29+,30?,32+,34+,35-,36+,37?/m1/s1. The SMILES string of the molecule is C/C=C/C(O)C(C)/C=C/C(=O)[C@@H](C)[C@H](O)[C@H](C)C1OC(=O)/C(OC)=C\C(C)=C/[C@H](C)[C@@H](O)[C@@H](C)[C@@H](O)[C@H](C)C/C(C)=C\C=C\[C@@H]1OC. The summed E-state index contributed by atoms with van der Waals surface area (Å²) in [5.41, 5.74) is 1.63. The second kappa shape index (κ2) is 20.5. The lowest BCUT2D eigenvalue weighted by atomic mass is 9.81. The summed E-state index contributed by atoms with van der Waals surface area (Å²) in [6.45, 7) is 16.2. The van der Waals surface area contributed by atoms with Crippen molar-refractivity contribution in [3.8, 4) is 0 Å². The van der Waals surface area contributed by atoms with Gasteiger partial charge in [-0.3, -0.25) is 4.79 Å². The Hall–Kier alpha value is -2.82. The first-order chi connectivity index (χ1) is 22.0. The average molecular weight is 661 g/mol. The first-order valence-electron chi connectivity index (χ1n) is 16.6. The molecule has 0 aromatic heterocycles. The molecule has 0 radical (unpaired) electrons. The molecule has 3 unspecified atom stereocenters. The van der Waals surface area contributed by atoms with Crippen molar-refractivity contribution >= 4 is 11.8 Å². The topological polar surface area (TPSA) is 143 Å². The second-order valence-corrected chi connectivity index (χ2v) is 13.2. The smallest absolute Gasteiger partial charge is 0.373 e. The van der Waals surface area contributed by atoms with Gasteiger partial charge in [-0.1, -0.05) is 95.2 Å². The van der Waals surface area contributed by atoms with Crippen LogP contribution in [-0.2, 0) is 23.8 Å². The van der Waals surface area contributed by atoms with Gasteiger partial charge < -0.3 is 34.6 Å². The van der Waals surface area contributed by atoms with Gasteiger partial charge in [-0.15, -0.1) is 0 Å². The van der Waals surface area contributed by atoms with Gasteiger partial charge in [0.1, 0.15) is 12.2 Å². The van der Waals surface area contributed by atoms with Crippen molar-refractivity contribution in [1.29, 1.82) is 0 Å². The predicted molar refractivity (Wildman–Crippen MR) is 185 cm³/mol. The van der Waals surface area contributed by atoms with E-state index in [0.717, 1.165) is 5.57 Å². The Bertz CT molecular complexity index is 1180. The molecule has 1 aliphatic heterocycles. The predicted octanol–water partition coefficient (Wildman–Crippen LogP) is 5.26. The first kappa shape index (κ1) is 42.2. The van der Waals surface area contributed by atoms with Crippen molar-refractivity contribution in [3.63, 3.8) is 0 Å². The minimum atomic E-state index is -1.22. The summed E-state index contributed by atoms with van der Waals surface area (Å²) in [5.74, 6) is -3.99. The molecular formula is C38H60O9. The number of carbonyl (C=O) groups excluding carboxylic acids is 2. The van der Waals surface area contributed by atoms with E-state index in [2.05, 4.69) is 0 Å². The minimum absolute atomic E-state index is 0.0924. The highest BCUT2D eigenvalue weighted by molar-refractivity contribution is 5.92. The molecule has 1 aliphatic rings. The Kier molecular flexibility index (Phi) is 18.4. The fraction of sp³-hybridized carbons (Fsp3) is 0.632. The van der Waals surface area contributed by atoms with Gasteiger partial charge in [-0.25, -0.2) is 4.79 Å². The third-order valence-corrected chi connectivity index (χ3v) is 9.18. The molecule has 0 aromatic rings. The number of rotatable bonds is 10. The Morgan fingerprint density at radius 2 is 1.68 bits per heavy atom. The molecular weight excluding hydrogens is 600 g/mol. The highest BCUT2D eigenvalue weighted by Gasteiger charge is 2.38. The van der Waals surface area contributed by atoms with Gasteiger partial charge in [-0.2, -0.15) is 0 Å². The van der Waals surface area contributed by atoms with Crippen LogP contribution in [0.1, 0.15) is 68.7 Å². The van der Waals surface area contributed by atoms with Crippen LogP contribution >= 0.6 is 0 Å². The quantitative estimate of drug-likeness (QED) is 0.140. The Morgan fingerprint density at radius 3 is 2.26 bits per heavy atom. The van der Waals surface area contributed by atoms with E-state index in [1.165, 1.54) is 26.4 Å². The maximum atomic E-state index is 13.5. The third kappa shape index (κ3) is 13.0. The van der Waals surface area contributed by atoms with Gasteiger partial charge in [0.15, 0.2) is 5.78 Å². The van der Waals surface area contributed by atoms with Crippen LogP contribution in [-0.4, -0.2) is 83.0 Å². The van der Waals surface area contributed by atoms with Crippen LogP contribution in [0.15, 0.2) is 71.6 Å². The lowest BCUT2D eigenvalue weighted by Gasteiger charge is -2.33. The molecule has 12 atom stereocenters. The number of aliphatic hydroxyl groups excluding tert-OH is 4. The van der Waals surface area contributed by atoms with Crippen molar-refractivity contribution in [2.45, 2.75) is 105 Å². The highest BCUT2D eigenvalue weighted by Crippen LogP contribution is 2.28. The Balaban J connectivity index is 3.56. The molecule has 1 heterocycles. The average Bonchev–Trinajstić information content (AvgIpc) is 3.04. The number of aliphatic hydroxyl groups is 4. The van der Waals surface area contributed by atoms with Gasteiger partial charge in [0, 0.05) is 36.7 Å². The summed E-state index contributed by atoms with van der Waals surface area (Å²) < 4.78 is 17.1. The molecule has 0 bridgehead atoms. The number of ketones is 1.